The van der Waals surface area contributed by atoms with Gasteiger partial charge >= 0.3 is 0 Å². The summed E-state index contributed by atoms with van der Waals surface area (Å²) in [7, 11) is 0. The largest absolute Gasteiger partial charge is 0.364 e. The zero-order valence-corrected chi connectivity index (χ0v) is 11.9. The van der Waals surface area contributed by atoms with Gasteiger partial charge in [0.05, 0.1) is 0 Å². The Morgan fingerprint density at radius 1 is 1.47 bits per heavy atom. The Labute approximate surface area is 113 Å². The van der Waals surface area contributed by atoms with Crippen LogP contribution < -0.4 is 10.7 Å². The molecule has 104 valence electrons. The topological polar surface area (TPSA) is 62.0 Å². The van der Waals surface area contributed by atoms with Gasteiger partial charge in [0.15, 0.2) is 5.43 Å². The predicted molar refractivity (Wildman–Crippen MR) is 75.3 cm³/mol. The van der Waals surface area contributed by atoms with Gasteiger partial charge in [-0.25, -0.2) is 0 Å². The lowest BCUT2D eigenvalue weighted by molar-refractivity contribution is 0.0901. The molecule has 1 atom stereocenters. The summed E-state index contributed by atoms with van der Waals surface area (Å²) in [5.74, 6) is -0.260. The van der Waals surface area contributed by atoms with Crippen LogP contribution in [-0.4, -0.2) is 16.9 Å². The predicted octanol–water partition coefficient (Wildman–Crippen LogP) is 2.38. The summed E-state index contributed by atoms with van der Waals surface area (Å²) < 4.78 is 0. The third kappa shape index (κ3) is 3.46. The summed E-state index contributed by atoms with van der Waals surface area (Å²) >= 11 is 0. The number of H-pyrrole nitrogens is 1. The van der Waals surface area contributed by atoms with Crippen molar-refractivity contribution < 1.29 is 4.79 Å². The van der Waals surface area contributed by atoms with E-state index in [4.69, 9.17) is 0 Å². The molecule has 1 aromatic heterocycles. The average Bonchev–Trinajstić information content (AvgIpc) is 2.27. The molecule has 0 saturated heterocycles. The van der Waals surface area contributed by atoms with Gasteiger partial charge < -0.3 is 10.3 Å². The van der Waals surface area contributed by atoms with Crippen LogP contribution in [0.1, 0.15) is 55.6 Å². The Balaban J connectivity index is 2.07. The fraction of sp³-hybridized carbons (Fsp3) is 0.600. The smallest absolute Gasteiger partial charge is 0.256 e. The normalized spacial score (nSPS) is 21.9. The number of hydrogen-bond acceptors (Lipinski definition) is 2. The first-order valence-electron chi connectivity index (χ1n) is 6.88. The van der Waals surface area contributed by atoms with Crippen molar-refractivity contribution in [1.82, 2.24) is 10.3 Å². The van der Waals surface area contributed by atoms with E-state index in [1.54, 1.807) is 6.92 Å². The molecule has 1 aliphatic carbocycles. The van der Waals surface area contributed by atoms with Crippen molar-refractivity contribution >= 4 is 5.91 Å². The number of amides is 1. The molecule has 0 radical (unpaired) electrons. The van der Waals surface area contributed by atoms with Gasteiger partial charge in [-0.3, -0.25) is 9.59 Å². The highest BCUT2D eigenvalue weighted by Crippen LogP contribution is 2.35. The van der Waals surface area contributed by atoms with Gasteiger partial charge in [-0.2, -0.15) is 0 Å². The van der Waals surface area contributed by atoms with Gasteiger partial charge in [-0.15, -0.1) is 0 Å². The molecule has 0 spiro atoms. The summed E-state index contributed by atoms with van der Waals surface area (Å²) in [6.45, 7) is 6.25. The molecule has 19 heavy (non-hydrogen) atoms. The first-order chi connectivity index (χ1) is 8.87. The maximum absolute atomic E-state index is 12.1. The number of aromatic amines is 1. The Kier molecular flexibility index (Phi) is 3.78. The molecule has 1 amide bonds. The molecule has 0 bridgehead atoms. The number of hydrogen-bond donors (Lipinski definition) is 2. The Hall–Kier alpha value is -1.58. The van der Waals surface area contributed by atoms with Crippen molar-refractivity contribution in [3.05, 3.63) is 33.7 Å². The van der Waals surface area contributed by atoms with E-state index in [1.807, 2.05) is 0 Å². The van der Waals surface area contributed by atoms with Gasteiger partial charge in [-0.05, 0) is 31.6 Å². The minimum atomic E-state index is -0.260. The van der Waals surface area contributed by atoms with Crippen LogP contribution >= 0.6 is 0 Å². The van der Waals surface area contributed by atoms with Crippen LogP contribution in [-0.2, 0) is 0 Å². The number of nitrogens with one attached hydrogen (secondary N) is 2. The van der Waals surface area contributed by atoms with Gasteiger partial charge in [0.25, 0.3) is 5.91 Å². The Morgan fingerprint density at radius 2 is 2.21 bits per heavy atom. The monoisotopic (exact) mass is 262 g/mol. The average molecular weight is 262 g/mol. The second kappa shape index (κ2) is 5.19. The minimum Gasteiger partial charge on any atom is -0.364 e. The lowest BCUT2D eigenvalue weighted by atomic mass is 9.75. The first-order valence-corrected chi connectivity index (χ1v) is 6.88. The molecule has 1 fully saturated rings. The molecule has 0 aliphatic heterocycles. The molecular weight excluding hydrogens is 240 g/mol. The summed E-state index contributed by atoms with van der Waals surface area (Å²) in [6, 6.07) is 1.64. The van der Waals surface area contributed by atoms with Crippen molar-refractivity contribution in [3.63, 3.8) is 0 Å². The maximum Gasteiger partial charge on any atom is 0.256 e. The van der Waals surface area contributed by atoms with Gasteiger partial charge in [0.2, 0.25) is 0 Å². The first kappa shape index (κ1) is 13.8. The zero-order valence-electron chi connectivity index (χ0n) is 11.9. The molecule has 2 rings (SSSR count). The second-order valence-corrected chi connectivity index (χ2v) is 6.32. The Bertz CT molecular complexity index is 531. The second-order valence-electron chi connectivity index (χ2n) is 6.32. The SMILES string of the molecule is Cc1cc(=O)c(C(=O)NC2CCCC(C)(C)C2)c[nH]1. The van der Waals surface area contributed by atoms with E-state index in [0.29, 0.717) is 0 Å². The lowest BCUT2D eigenvalue weighted by Crippen LogP contribution is -2.42. The molecule has 1 aliphatic rings. The zero-order chi connectivity index (χ0) is 14.0. The standard InChI is InChI=1S/C15H22N2O2/c1-10-7-13(18)12(9-16-10)14(19)17-11-5-4-6-15(2,3)8-11/h7,9,11H,4-6,8H2,1-3H3,(H,16,18)(H,17,19). The van der Waals surface area contributed by atoms with E-state index in [2.05, 4.69) is 24.1 Å². The number of aromatic nitrogens is 1. The number of rotatable bonds is 2. The quantitative estimate of drug-likeness (QED) is 0.859. The molecular formula is C15H22N2O2. The minimum absolute atomic E-state index is 0.178. The maximum atomic E-state index is 12.1. The molecule has 4 heteroatoms. The van der Waals surface area contributed by atoms with Crippen LogP contribution in [0.4, 0.5) is 0 Å². The molecule has 1 heterocycles. The molecule has 4 nitrogen and oxygen atoms in total. The number of aryl methyl sites for hydroxylation is 1. The van der Waals surface area contributed by atoms with Gasteiger partial charge in [0, 0.05) is 24.0 Å². The molecule has 0 aromatic carbocycles. The Morgan fingerprint density at radius 3 is 2.84 bits per heavy atom. The van der Waals surface area contributed by atoms with E-state index in [1.165, 1.54) is 18.7 Å². The van der Waals surface area contributed by atoms with E-state index in [-0.39, 0.29) is 28.4 Å². The van der Waals surface area contributed by atoms with Crippen molar-refractivity contribution in [2.45, 2.75) is 52.5 Å². The summed E-state index contributed by atoms with van der Waals surface area (Å²) in [4.78, 5) is 26.8. The van der Waals surface area contributed by atoms with Crippen LogP contribution in [0.5, 0.6) is 0 Å². The van der Waals surface area contributed by atoms with E-state index in [0.717, 1.165) is 25.0 Å². The third-order valence-electron chi connectivity index (χ3n) is 3.84. The van der Waals surface area contributed by atoms with Gasteiger partial charge in [0.1, 0.15) is 5.56 Å². The summed E-state index contributed by atoms with van der Waals surface area (Å²) in [5.41, 5.74) is 1.02. The summed E-state index contributed by atoms with van der Waals surface area (Å²) in [5, 5.41) is 2.99. The van der Waals surface area contributed by atoms with E-state index in [9.17, 15) is 9.59 Å². The fourth-order valence-electron chi connectivity index (χ4n) is 2.84. The lowest BCUT2D eigenvalue weighted by Gasteiger charge is -2.35. The van der Waals surface area contributed by atoms with E-state index >= 15 is 0 Å². The van der Waals surface area contributed by atoms with Crippen LogP contribution in [0, 0.1) is 12.3 Å². The van der Waals surface area contributed by atoms with Crippen LogP contribution in [0.2, 0.25) is 0 Å². The molecule has 1 aromatic rings. The van der Waals surface area contributed by atoms with Gasteiger partial charge in [-0.1, -0.05) is 20.3 Å². The highest BCUT2D eigenvalue weighted by Gasteiger charge is 2.29. The third-order valence-corrected chi connectivity index (χ3v) is 3.84. The van der Waals surface area contributed by atoms with Crippen molar-refractivity contribution in [2.24, 2.45) is 5.41 Å². The highest BCUT2D eigenvalue weighted by molar-refractivity contribution is 5.93. The van der Waals surface area contributed by atoms with Crippen LogP contribution in [0.3, 0.4) is 0 Å². The molecule has 2 N–H and O–H groups in total. The van der Waals surface area contributed by atoms with Crippen LogP contribution in [0.15, 0.2) is 17.1 Å². The number of carbonyl (C=O) groups excluding carboxylic acids is 1. The van der Waals surface area contributed by atoms with E-state index < -0.39 is 0 Å². The van der Waals surface area contributed by atoms with Crippen molar-refractivity contribution in [3.8, 4) is 0 Å². The molecule has 1 unspecified atom stereocenters. The van der Waals surface area contributed by atoms with Crippen LogP contribution in [0.25, 0.3) is 0 Å². The highest BCUT2D eigenvalue weighted by atomic mass is 16.2. The number of pyridine rings is 1. The van der Waals surface area contributed by atoms with Crippen molar-refractivity contribution in [2.75, 3.05) is 0 Å². The van der Waals surface area contributed by atoms with Crippen molar-refractivity contribution in [1.29, 1.82) is 0 Å². The molecule has 1 saturated carbocycles. The fourth-order valence-corrected chi connectivity index (χ4v) is 2.84. The summed E-state index contributed by atoms with van der Waals surface area (Å²) in [6.07, 6.45) is 5.80. The number of carbonyl (C=O) groups is 1.